The molecule has 3 heteroatoms. The molecule has 94 valence electrons. The van der Waals surface area contributed by atoms with Crippen molar-refractivity contribution in [3.05, 3.63) is 54.6 Å². The highest BCUT2D eigenvalue weighted by atomic mass is 15.1. The van der Waals surface area contributed by atoms with Gasteiger partial charge in [0.2, 0.25) is 0 Å². The maximum Gasteiger partial charge on any atom is 0.174 e. The summed E-state index contributed by atoms with van der Waals surface area (Å²) in [4.78, 5) is 0. The first kappa shape index (κ1) is 13.4. The average Bonchev–Trinajstić information content (AvgIpc) is 2.37. The van der Waals surface area contributed by atoms with E-state index in [1.54, 1.807) is 0 Å². The van der Waals surface area contributed by atoms with E-state index >= 15 is 0 Å². The van der Waals surface area contributed by atoms with Crippen molar-refractivity contribution in [1.29, 1.82) is 0 Å². The number of benzene rings is 1. The Morgan fingerprint density at radius 3 is 2.21 bits per heavy atom. The summed E-state index contributed by atoms with van der Waals surface area (Å²) >= 11 is 0. The summed E-state index contributed by atoms with van der Waals surface area (Å²) in [6, 6.07) is 19.8. The van der Waals surface area contributed by atoms with Gasteiger partial charge in [-0.15, -0.1) is 10.2 Å². The predicted molar refractivity (Wildman–Crippen MR) is 81.2 cm³/mol. The first-order chi connectivity index (χ1) is 9.03. The molecule has 0 saturated heterocycles. The molecule has 0 unspecified atom stereocenters. The van der Waals surface area contributed by atoms with Gasteiger partial charge in [-0.25, -0.2) is 0 Å². The Balaban J connectivity index is 2.05. The van der Waals surface area contributed by atoms with Crippen molar-refractivity contribution in [2.45, 2.75) is 26.1 Å². The summed E-state index contributed by atoms with van der Waals surface area (Å²) in [5.41, 5.74) is 2.71. The Hall–Kier alpha value is -2.08. The van der Waals surface area contributed by atoms with Crippen LogP contribution in [0, 0.1) is 12.1 Å². The van der Waals surface area contributed by atoms with Crippen LogP contribution in [0.4, 0.5) is 11.4 Å². The normalized spacial score (nSPS) is 11.3. The second kappa shape index (κ2) is 5.71. The molecule has 0 atom stereocenters. The molecule has 0 bridgehead atoms. The molecule has 2 aromatic carbocycles. The molecule has 0 aliphatic rings. The molecule has 0 aliphatic carbocycles. The molecule has 0 aromatic heterocycles. The van der Waals surface area contributed by atoms with Gasteiger partial charge < -0.3 is 0 Å². The SMILES string of the molecule is CC(C)(C)Bc1c#cc(/N=N/c2ccccc2)cc1. The van der Waals surface area contributed by atoms with Gasteiger partial charge in [0, 0.05) is 0 Å². The van der Waals surface area contributed by atoms with Crippen molar-refractivity contribution in [1.82, 2.24) is 0 Å². The van der Waals surface area contributed by atoms with Gasteiger partial charge in [0.05, 0.1) is 5.69 Å². The van der Waals surface area contributed by atoms with Gasteiger partial charge in [-0.05, 0) is 29.7 Å². The molecule has 0 saturated carbocycles. The van der Waals surface area contributed by atoms with Crippen LogP contribution in [0.5, 0.6) is 0 Å². The minimum absolute atomic E-state index is 0.261. The van der Waals surface area contributed by atoms with Crippen LogP contribution >= 0.6 is 0 Å². The maximum absolute atomic E-state index is 4.15. The van der Waals surface area contributed by atoms with Crippen LogP contribution in [0.25, 0.3) is 0 Å². The van der Waals surface area contributed by atoms with Gasteiger partial charge >= 0.3 is 0 Å². The Morgan fingerprint density at radius 1 is 0.895 bits per heavy atom. The molecule has 0 spiro atoms. The molecule has 0 heterocycles. The van der Waals surface area contributed by atoms with E-state index < -0.39 is 0 Å². The third kappa shape index (κ3) is 4.59. The van der Waals surface area contributed by atoms with Gasteiger partial charge in [0.1, 0.15) is 5.69 Å². The molecule has 2 nitrogen and oxygen atoms in total. The fraction of sp³-hybridized carbons (Fsp3) is 0.250. The number of hydrogen-bond acceptors (Lipinski definition) is 2. The third-order valence-electron chi connectivity index (χ3n) is 2.54. The first-order valence-corrected chi connectivity index (χ1v) is 6.43. The lowest BCUT2D eigenvalue weighted by Gasteiger charge is -2.14. The Bertz CT molecular complexity index is 539. The van der Waals surface area contributed by atoms with Crippen LogP contribution in [0.3, 0.4) is 0 Å². The number of hydrogen-bond donors (Lipinski definition) is 0. The standard InChI is InChI=1S/C16H17BN2/c1-16(2,3)17-13-9-11-15(12-10-13)19-18-14-7-5-4-6-8-14/h4-9,11,17H,1-3H3/b19-18+. The zero-order valence-electron chi connectivity index (χ0n) is 11.6. The quantitative estimate of drug-likeness (QED) is 0.579. The average molecular weight is 248 g/mol. The first-order valence-electron chi connectivity index (χ1n) is 6.43. The van der Waals surface area contributed by atoms with E-state index in [1.165, 1.54) is 0 Å². The molecule has 19 heavy (non-hydrogen) atoms. The Morgan fingerprint density at radius 2 is 1.63 bits per heavy atom. The van der Waals surface area contributed by atoms with Crippen molar-refractivity contribution in [2.24, 2.45) is 10.2 Å². The van der Waals surface area contributed by atoms with Crippen molar-refractivity contribution in [3.63, 3.8) is 0 Å². The minimum Gasteiger partial charge on any atom is -0.150 e. The Labute approximate surface area is 115 Å². The molecule has 0 aliphatic heterocycles. The van der Waals surface area contributed by atoms with Gasteiger partial charge in [-0.1, -0.05) is 56.4 Å². The highest BCUT2D eigenvalue weighted by molar-refractivity contribution is 6.56. The molecule has 2 aromatic rings. The summed E-state index contributed by atoms with van der Waals surface area (Å²) in [6.45, 7) is 6.64. The van der Waals surface area contributed by atoms with E-state index in [9.17, 15) is 0 Å². The number of azo groups is 1. The maximum atomic E-state index is 4.15. The van der Waals surface area contributed by atoms with Gasteiger partial charge in [-0.2, -0.15) is 0 Å². The van der Waals surface area contributed by atoms with E-state index in [2.05, 4.69) is 43.1 Å². The fourth-order valence-electron chi connectivity index (χ4n) is 1.75. The summed E-state index contributed by atoms with van der Waals surface area (Å²) in [6.07, 6.45) is 0. The Kier molecular flexibility index (Phi) is 4.01. The molecule has 0 N–H and O–H groups in total. The highest BCUT2D eigenvalue weighted by Crippen LogP contribution is 2.19. The lowest BCUT2D eigenvalue weighted by atomic mass is 9.52. The molecular weight excluding hydrogens is 231 g/mol. The summed E-state index contributed by atoms with van der Waals surface area (Å²) in [7, 11) is 0.986. The van der Waals surface area contributed by atoms with Crippen molar-refractivity contribution >= 4 is 24.1 Å². The summed E-state index contributed by atoms with van der Waals surface area (Å²) in [5, 5.41) is 8.57. The van der Waals surface area contributed by atoms with Crippen LogP contribution < -0.4 is 5.46 Å². The van der Waals surface area contributed by atoms with E-state index in [0.29, 0.717) is 5.69 Å². The number of rotatable bonds is 3. The molecular formula is C16H17BN2. The van der Waals surface area contributed by atoms with Crippen LogP contribution in [-0.2, 0) is 0 Å². The lowest BCUT2D eigenvalue weighted by molar-refractivity contribution is 0.759. The fourth-order valence-corrected chi connectivity index (χ4v) is 1.75. The lowest BCUT2D eigenvalue weighted by Crippen LogP contribution is -2.22. The van der Waals surface area contributed by atoms with E-state index in [0.717, 1.165) is 18.4 Å². The van der Waals surface area contributed by atoms with Gasteiger partial charge in [0.25, 0.3) is 0 Å². The zero-order chi connectivity index (χ0) is 13.7. The molecule has 2 rings (SSSR count). The van der Waals surface area contributed by atoms with Crippen LogP contribution in [-0.4, -0.2) is 7.28 Å². The van der Waals surface area contributed by atoms with Crippen LogP contribution in [0.1, 0.15) is 20.8 Å². The second-order valence-corrected chi connectivity index (χ2v) is 5.77. The highest BCUT2D eigenvalue weighted by Gasteiger charge is 2.13. The minimum atomic E-state index is 0.261. The summed E-state index contributed by atoms with van der Waals surface area (Å²) in [5.74, 6) is 0. The van der Waals surface area contributed by atoms with Crippen molar-refractivity contribution in [2.75, 3.05) is 0 Å². The van der Waals surface area contributed by atoms with Gasteiger partial charge in [-0.3, -0.25) is 0 Å². The zero-order valence-corrected chi connectivity index (χ0v) is 11.6. The smallest absolute Gasteiger partial charge is 0.150 e. The largest absolute Gasteiger partial charge is 0.174 e. The van der Waals surface area contributed by atoms with Crippen LogP contribution in [0.15, 0.2) is 52.7 Å². The molecule has 0 amide bonds. The summed E-state index contributed by atoms with van der Waals surface area (Å²) < 4.78 is 0. The third-order valence-corrected chi connectivity index (χ3v) is 2.54. The van der Waals surface area contributed by atoms with Gasteiger partial charge in [0.15, 0.2) is 7.28 Å². The van der Waals surface area contributed by atoms with Crippen molar-refractivity contribution < 1.29 is 0 Å². The molecule has 0 fully saturated rings. The van der Waals surface area contributed by atoms with E-state index in [1.807, 2.05) is 42.5 Å². The molecule has 0 radical (unpaired) electrons. The monoisotopic (exact) mass is 248 g/mol. The van der Waals surface area contributed by atoms with Crippen LogP contribution in [0.2, 0.25) is 5.31 Å². The van der Waals surface area contributed by atoms with Crippen molar-refractivity contribution in [3.8, 4) is 0 Å². The number of nitrogens with zero attached hydrogens (tertiary/aromatic N) is 2. The predicted octanol–water partition coefficient (Wildman–Crippen LogP) is 3.98. The van der Waals surface area contributed by atoms with E-state index in [4.69, 9.17) is 0 Å². The van der Waals surface area contributed by atoms with E-state index in [-0.39, 0.29) is 5.31 Å². The second-order valence-electron chi connectivity index (χ2n) is 5.77. The topological polar surface area (TPSA) is 24.7 Å².